The highest BCUT2D eigenvalue weighted by atomic mass is 127. The zero-order valence-electron chi connectivity index (χ0n) is 7.91. The molecule has 2 aromatic rings. The lowest BCUT2D eigenvalue weighted by Crippen LogP contribution is -2.08. The number of pyridine rings is 1. The van der Waals surface area contributed by atoms with Crippen LogP contribution in [0.25, 0.3) is 11.0 Å². The first-order valence-corrected chi connectivity index (χ1v) is 5.43. The Balaban J connectivity index is 2.84. The maximum Gasteiger partial charge on any atom is 0.205 e. The van der Waals surface area contributed by atoms with Crippen molar-refractivity contribution < 1.29 is 0 Å². The highest BCUT2D eigenvalue weighted by Gasteiger charge is 2.09. The number of halogens is 1. The first-order valence-electron chi connectivity index (χ1n) is 4.35. The van der Waals surface area contributed by atoms with Crippen molar-refractivity contribution in [2.24, 2.45) is 0 Å². The minimum absolute atomic E-state index is 0.0475. The molecule has 0 fully saturated rings. The van der Waals surface area contributed by atoms with Gasteiger partial charge in [0.05, 0.1) is 15.2 Å². The molecule has 0 radical (unpaired) electrons. The number of hydrogen-bond donors (Lipinski definition) is 1. The summed E-state index contributed by atoms with van der Waals surface area (Å²) in [5, 5.41) is 4.84. The quantitative estimate of drug-likeness (QED) is 0.818. The monoisotopic (exact) mass is 303 g/mol. The van der Waals surface area contributed by atoms with Gasteiger partial charge in [0.1, 0.15) is 5.65 Å². The van der Waals surface area contributed by atoms with Crippen LogP contribution >= 0.6 is 22.6 Å². The van der Waals surface area contributed by atoms with Gasteiger partial charge in [0.25, 0.3) is 0 Å². The third-order valence-corrected chi connectivity index (χ3v) is 2.88. The maximum atomic E-state index is 11.7. The molecule has 1 N–H and O–H groups in total. The molecule has 0 saturated heterocycles. The highest BCUT2D eigenvalue weighted by molar-refractivity contribution is 14.1. The van der Waals surface area contributed by atoms with Gasteiger partial charge in [0.15, 0.2) is 0 Å². The van der Waals surface area contributed by atoms with Gasteiger partial charge in [-0.3, -0.25) is 4.79 Å². The summed E-state index contributed by atoms with van der Waals surface area (Å²) in [5.74, 6) is 0. The molecule has 0 aliphatic carbocycles. The summed E-state index contributed by atoms with van der Waals surface area (Å²) in [5.41, 5.74) is 0.844. The Labute approximate surface area is 94.5 Å². The Hall–Kier alpha value is -0.850. The SMILES string of the molecule is CC(C)n1ncc2c(=O)c(I)c[nH]c21. The smallest absolute Gasteiger partial charge is 0.205 e. The molecule has 4 nitrogen and oxygen atoms in total. The predicted molar refractivity (Wildman–Crippen MR) is 63.5 cm³/mol. The number of H-pyrrole nitrogens is 1. The van der Waals surface area contributed by atoms with Gasteiger partial charge in [-0.15, -0.1) is 0 Å². The summed E-state index contributed by atoms with van der Waals surface area (Å²) in [7, 11) is 0. The average molecular weight is 303 g/mol. The van der Waals surface area contributed by atoms with Crippen molar-refractivity contribution in [2.75, 3.05) is 0 Å². The first-order chi connectivity index (χ1) is 6.61. The second kappa shape index (κ2) is 3.38. The van der Waals surface area contributed by atoms with Crippen LogP contribution in [0.1, 0.15) is 19.9 Å². The van der Waals surface area contributed by atoms with E-state index in [0.717, 1.165) is 5.65 Å². The van der Waals surface area contributed by atoms with Crippen molar-refractivity contribution in [1.29, 1.82) is 0 Å². The van der Waals surface area contributed by atoms with Crippen LogP contribution in [-0.4, -0.2) is 14.8 Å². The van der Waals surface area contributed by atoms with Gasteiger partial charge in [0.2, 0.25) is 5.43 Å². The summed E-state index contributed by atoms with van der Waals surface area (Å²) in [4.78, 5) is 14.8. The van der Waals surface area contributed by atoms with E-state index in [1.165, 1.54) is 0 Å². The summed E-state index contributed by atoms with van der Waals surface area (Å²) in [6.45, 7) is 4.06. The van der Waals surface area contributed by atoms with Gasteiger partial charge >= 0.3 is 0 Å². The molecule has 0 saturated carbocycles. The Bertz CT molecular complexity index is 526. The molecule has 0 bridgehead atoms. The fraction of sp³-hybridized carbons (Fsp3) is 0.333. The lowest BCUT2D eigenvalue weighted by Gasteiger charge is -2.05. The second-order valence-electron chi connectivity index (χ2n) is 3.41. The van der Waals surface area contributed by atoms with Gasteiger partial charge in [-0.2, -0.15) is 5.10 Å². The molecule has 2 aromatic heterocycles. The molecule has 0 aliphatic heterocycles. The largest absolute Gasteiger partial charge is 0.345 e. The summed E-state index contributed by atoms with van der Waals surface area (Å²) >= 11 is 2.02. The number of fused-ring (bicyclic) bond motifs is 1. The van der Waals surface area contributed by atoms with Gasteiger partial charge in [-0.05, 0) is 36.4 Å². The maximum absolute atomic E-state index is 11.7. The van der Waals surface area contributed by atoms with Crippen LogP contribution < -0.4 is 5.43 Å². The number of nitrogens with one attached hydrogen (secondary N) is 1. The van der Waals surface area contributed by atoms with Crippen molar-refractivity contribution in [1.82, 2.24) is 14.8 Å². The van der Waals surface area contributed by atoms with Crippen LogP contribution in [0.15, 0.2) is 17.2 Å². The Morgan fingerprint density at radius 1 is 1.57 bits per heavy atom. The van der Waals surface area contributed by atoms with E-state index in [0.29, 0.717) is 8.96 Å². The van der Waals surface area contributed by atoms with E-state index in [1.807, 2.05) is 41.1 Å². The van der Waals surface area contributed by atoms with E-state index in [2.05, 4.69) is 10.1 Å². The van der Waals surface area contributed by atoms with E-state index in [1.54, 1.807) is 12.4 Å². The van der Waals surface area contributed by atoms with Crippen LogP contribution in [0, 0.1) is 3.57 Å². The van der Waals surface area contributed by atoms with Crippen molar-refractivity contribution >= 4 is 33.6 Å². The molecule has 0 unspecified atom stereocenters. The average Bonchev–Trinajstić information content (AvgIpc) is 2.55. The minimum Gasteiger partial charge on any atom is -0.345 e. The third-order valence-electron chi connectivity index (χ3n) is 2.08. The van der Waals surface area contributed by atoms with Crippen molar-refractivity contribution in [2.45, 2.75) is 19.9 Å². The molecular weight excluding hydrogens is 293 g/mol. The zero-order chi connectivity index (χ0) is 10.3. The number of hydrogen-bond acceptors (Lipinski definition) is 2. The van der Waals surface area contributed by atoms with E-state index in [-0.39, 0.29) is 11.5 Å². The van der Waals surface area contributed by atoms with E-state index in [4.69, 9.17) is 0 Å². The van der Waals surface area contributed by atoms with Gasteiger partial charge < -0.3 is 4.98 Å². The lowest BCUT2D eigenvalue weighted by molar-refractivity contribution is 0.546. The highest BCUT2D eigenvalue weighted by Crippen LogP contribution is 2.12. The number of aromatic amines is 1. The van der Waals surface area contributed by atoms with Crippen LogP contribution in [0.2, 0.25) is 0 Å². The molecule has 0 atom stereocenters. The topological polar surface area (TPSA) is 50.7 Å². The van der Waals surface area contributed by atoms with Gasteiger partial charge in [-0.25, -0.2) is 4.68 Å². The van der Waals surface area contributed by atoms with E-state index in [9.17, 15) is 4.79 Å². The van der Waals surface area contributed by atoms with Crippen LogP contribution in [0.4, 0.5) is 0 Å². The normalized spacial score (nSPS) is 11.4. The molecule has 0 aliphatic rings. The molecule has 74 valence electrons. The van der Waals surface area contributed by atoms with Crippen molar-refractivity contribution in [3.8, 4) is 0 Å². The van der Waals surface area contributed by atoms with E-state index >= 15 is 0 Å². The molecule has 2 heterocycles. The summed E-state index contributed by atoms with van der Waals surface area (Å²) < 4.78 is 2.51. The zero-order valence-corrected chi connectivity index (χ0v) is 10.1. The minimum atomic E-state index is 0.0475. The Kier molecular flexibility index (Phi) is 2.34. The molecule has 0 amide bonds. The Morgan fingerprint density at radius 2 is 2.29 bits per heavy atom. The molecule has 0 aromatic carbocycles. The molecule has 2 rings (SSSR count). The molecule has 5 heteroatoms. The first kappa shape index (κ1) is 9.70. The summed E-state index contributed by atoms with van der Waals surface area (Å²) in [6, 6.07) is 0.253. The van der Waals surface area contributed by atoms with Crippen molar-refractivity contribution in [3.63, 3.8) is 0 Å². The number of nitrogens with zero attached hydrogens (tertiary/aromatic N) is 2. The van der Waals surface area contributed by atoms with Gasteiger partial charge in [0, 0.05) is 12.2 Å². The van der Waals surface area contributed by atoms with E-state index < -0.39 is 0 Å². The number of aromatic nitrogens is 3. The third kappa shape index (κ3) is 1.35. The summed E-state index contributed by atoms with van der Waals surface area (Å²) in [6.07, 6.45) is 3.34. The van der Waals surface area contributed by atoms with Crippen LogP contribution in [-0.2, 0) is 0 Å². The lowest BCUT2D eigenvalue weighted by atomic mass is 10.3. The second-order valence-corrected chi connectivity index (χ2v) is 4.57. The molecule has 14 heavy (non-hydrogen) atoms. The fourth-order valence-electron chi connectivity index (χ4n) is 1.39. The number of rotatable bonds is 1. The molecular formula is C9H10IN3O. The standard InChI is InChI=1S/C9H10IN3O/c1-5(2)13-9-6(3-12-13)8(14)7(10)4-11-9/h3-5H,1-2H3,(H,11,14). The van der Waals surface area contributed by atoms with Crippen molar-refractivity contribution in [3.05, 3.63) is 26.2 Å². The van der Waals surface area contributed by atoms with Crippen LogP contribution in [0.5, 0.6) is 0 Å². The fourth-order valence-corrected chi connectivity index (χ4v) is 1.84. The van der Waals surface area contributed by atoms with Gasteiger partial charge in [-0.1, -0.05) is 0 Å². The Morgan fingerprint density at radius 3 is 2.93 bits per heavy atom. The van der Waals surface area contributed by atoms with Crippen LogP contribution in [0.3, 0.4) is 0 Å². The molecule has 0 spiro atoms. The predicted octanol–water partition coefficient (Wildman–Crippen LogP) is 1.91.